The third-order valence-corrected chi connectivity index (χ3v) is 4.33. The average Bonchev–Trinajstić information content (AvgIpc) is 2.56. The van der Waals surface area contributed by atoms with E-state index in [1.54, 1.807) is 12.2 Å². The smallest absolute Gasteiger partial charge is 0.0110 e. The van der Waals surface area contributed by atoms with Crippen LogP contribution in [-0.4, -0.2) is 49.1 Å². The van der Waals surface area contributed by atoms with E-state index >= 15 is 0 Å². The maximum Gasteiger partial charge on any atom is 0.0110 e. The first-order chi connectivity index (χ1) is 10.5. The molecule has 0 aromatic carbocycles. The van der Waals surface area contributed by atoms with E-state index < -0.39 is 0 Å². The molecule has 1 aliphatic rings. The Morgan fingerprint density at radius 3 is 1.27 bits per heavy atom. The van der Waals surface area contributed by atoms with Gasteiger partial charge in [0.25, 0.3) is 0 Å². The number of hydrogen-bond acceptors (Lipinski definition) is 2. The molecule has 0 aromatic heterocycles. The van der Waals surface area contributed by atoms with Gasteiger partial charge in [-0.05, 0) is 35.1 Å². The summed E-state index contributed by atoms with van der Waals surface area (Å²) in [5.74, 6) is 0. The van der Waals surface area contributed by atoms with Crippen LogP contribution in [-0.2, 0) is 0 Å². The lowest BCUT2D eigenvalue weighted by Crippen LogP contribution is -2.46. The summed E-state index contributed by atoms with van der Waals surface area (Å²) in [6, 6.07) is 0. The standard InChI is InChI=1S/C20H30N2/c1-7-17(3)19(5)9-11-21-13-15-22(16-14-21)12-10-20(6)18(4)8-2/h7-8H,1-6,9-16H2. The number of hydrogen-bond donors (Lipinski definition) is 0. The van der Waals surface area contributed by atoms with Crippen LogP contribution in [0.25, 0.3) is 0 Å². The summed E-state index contributed by atoms with van der Waals surface area (Å²) in [7, 11) is 0. The third kappa shape index (κ3) is 6.00. The Bertz CT molecular complexity index is 418. The van der Waals surface area contributed by atoms with E-state index in [1.807, 2.05) is 0 Å². The second kappa shape index (κ2) is 9.39. The minimum absolute atomic E-state index is 0.958. The fraction of sp³-hybridized carbons (Fsp3) is 0.400. The van der Waals surface area contributed by atoms with Crippen LogP contribution in [0.2, 0.25) is 0 Å². The number of piperazine rings is 1. The van der Waals surface area contributed by atoms with E-state index in [1.165, 1.54) is 0 Å². The van der Waals surface area contributed by atoms with Gasteiger partial charge < -0.3 is 9.80 Å². The van der Waals surface area contributed by atoms with Gasteiger partial charge in [0.15, 0.2) is 0 Å². The number of rotatable bonds is 10. The summed E-state index contributed by atoms with van der Waals surface area (Å²) in [6.07, 6.45) is 5.51. The van der Waals surface area contributed by atoms with Crippen molar-refractivity contribution in [3.63, 3.8) is 0 Å². The minimum Gasteiger partial charge on any atom is -0.300 e. The largest absolute Gasteiger partial charge is 0.300 e. The first-order valence-corrected chi connectivity index (χ1v) is 7.91. The van der Waals surface area contributed by atoms with Crippen molar-refractivity contribution in [3.8, 4) is 0 Å². The Labute approximate surface area is 136 Å². The van der Waals surface area contributed by atoms with Crippen LogP contribution < -0.4 is 0 Å². The van der Waals surface area contributed by atoms with Crippen molar-refractivity contribution in [2.45, 2.75) is 12.8 Å². The second-order valence-electron chi connectivity index (χ2n) is 5.85. The summed E-state index contributed by atoms with van der Waals surface area (Å²) in [5.41, 5.74) is 4.10. The van der Waals surface area contributed by atoms with Crippen LogP contribution in [0.3, 0.4) is 0 Å². The maximum atomic E-state index is 4.06. The zero-order valence-electron chi connectivity index (χ0n) is 13.9. The number of nitrogens with zero attached hydrogens (tertiary/aromatic N) is 2. The lowest BCUT2D eigenvalue weighted by atomic mass is 10.1. The quantitative estimate of drug-likeness (QED) is 0.563. The molecule has 0 atom stereocenters. The molecule has 0 radical (unpaired) electrons. The van der Waals surface area contributed by atoms with Crippen LogP contribution in [0.15, 0.2) is 73.9 Å². The molecule has 1 fully saturated rings. The molecule has 1 aliphatic heterocycles. The third-order valence-electron chi connectivity index (χ3n) is 4.33. The summed E-state index contributed by atoms with van der Waals surface area (Å²) in [5, 5.41) is 0. The van der Waals surface area contributed by atoms with Gasteiger partial charge >= 0.3 is 0 Å². The van der Waals surface area contributed by atoms with Gasteiger partial charge in [0.2, 0.25) is 0 Å². The number of allylic oxidation sites excluding steroid dienone is 4. The molecule has 2 nitrogen and oxygen atoms in total. The highest BCUT2D eigenvalue weighted by molar-refractivity contribution is 5.34. The highest BCUT2D eigenvalue weighted by Gasteiger charge is 2.16. The van der Waals surface area contributed by atoms with Crippen molar-refractivity contribution in [2.75, 3.05) is 39.3 Å². The first kappa shape index (κ1) is 18.4. The molecule has 1 rings (SSSR count). The summed E-state index contributed by atoms with van der Waals surface area (Å²) >= 11 is 0. The van der Waals surface area contributed by atoms with Gasteiger partial charge in [-0.1, -0.05) is 51.6 Å². The molecule has 1 saturated heterocycles. The molecule has 1 heterocycles. The van der Waals surface area contributed by atoms with Crippen LogP contribution in [0.5, 0.6) is 0 Å². The zero-order chi connectivity index (χ0) is 16.5. The zero-order valence-corrected chi connectivity index (χ0v) is 13.9. The maximum absolute atomic E-state index is 4.06. The highest BCUT2D eigenvalue weighted by atomic mass is 15.3. The molecule has 0 aromatic rings. The molecule has 120 valence electrons. The van der Waals surface area contributed by atoms with Crippen molar-refractivity contribution in [1.29, 1.82) is 0 Å². The van der Waals surface area contributed by atoms with E-state index in [9.17, 15) is 0 Å². The molecule has 0 aliphatic carbocycles. The molecule has 0 bridgehead atoms. The van der Waals surface area contributed by atoms with E-state index in [2.05, 4.69) is 49.3 Å². The molecule has 0 unspecified atom stereocenters. The van der Waals surface area contributed by atoms with Gasteiger partial charge in [0.1, 0.15) is 0 Å². The average molecular weight is 298 g/mol. The lowest BCUT2D eigenvalue weighted by Gasteiger charge is -2.35. The molecule has 0 spiro atoms. The van der Waals surface area contributed by atoms with Crippen LogP contribution in [0, 0.1) is 0 Å². The Hall–Kier alpha value is -1.64. The Kier molecular flexibility index (Phi) is 7.86. The van der Waals surface area contributed by atoms with Crippen molar-refractivity contribution < 1.29 is 0 Å². The fourth-order valence-electron chi connectivity index (χ4n) is 2.43. The first-order valence-electron chi connectivity index (χ1n) is 7.91. The van der Waals surface area contributed by atoms with E-state index in [0.29, 0.717) is 0 Å². The SMILES string of the molecule is C=CC(=C)C(=C)CCN1CCN(CCC(=C)C(=C)C=C)CC1. The predicted octanol–water partition coefficient (Wildman–Crippen LogP) is 3.98. The molecular weight excluding hydrogens is 268 g/mol. The second-order valence-corrected chi connectivity index (χ2v) is 5.85. The van der Waals surface area contributed by atoms with Crippen LogP contribution in [0.1, 0.15) is 12.8 Å². The van der Waals surface area contributed by atoms with E-state index in [-0.39, 0.29) is 0 Å². The molecule has 22 heavy (non-hydrogen) atoms. The molecule has 0 N–H and O–H groups in total. The van der Waals surface area contributed by atoms with Gasteiger partial charge in [-0.3, -0.25) is 0 Å². The fourth-order valence-corrected chi connectivity index (χ4v) is 2.43. The van der Waals surface area contributed by atoms with Crippen molar-refractivity contribution in [1.82, 2.24) is 9.80 Å². The summed E-state index contributed by atoms with van der Waals surface area (Å²) < 4.78 is 0. The van der Waals surface area contributed by atoms with Gasteiger partial charge in [0, 0.05) is 39.3 Å². The Balaban J connectivity index is 2.23. The van der Waals surface area contributed by atoms with E-state index in [4.69, 9.17) is 0 Å². The summed E-state index contributed by atoms with van der Waals surface area (Å²) in [4.78, 5) is 4.99. The lowest BCUT2D eigenvalue weighted by molar-refractivity contribution is 0.135. The van der Waals surface area contributed by atoms with Crippen LogP contribution >= 0.6 is 0 Å². The van der Waals surface area contributed by atoms with Crippen LogP contribution in [0.4, 0.5) is 0 Å². The summed E-state index contributed by atoms with van der Waals surface area (Å²) in [6.45, 7) is 30.1. The monoisotopic (exact) mass is 298 g/mol. The minimum atomic E-state index is 0.958. The van der Waals surface area contributed by atoms with Gasteiger partial charge in [-0.25, -0.2) is 0 Å². The van der Waals surface area contributed by atoms with Gasteiger partial charge in [0.05, 0.1) is 0 Å². The van der Waals surface area contributed by atoms with Crippen molar-refractivity contribution >= 4 is 0 Å². The Morgan fingerprint density at radius 2 is 1.00 bits per heavy atom. The van der Waals surface area contributed by atoms with E-state index in [0.717, 1.165) is 74.4 Å². The molecule has 0 saturated carbocycles. The molecule has 0 amide bonds. The highest BCUT2D eigenvalue weighted by Crippen LogP contribution is 2.14. The predicted molar refractivity (Wildman–Crippen MR) is 99.1 cm³/mol. The van der Waals surface area contributed by atoms with Crippen molar-refractivity contribution in [2.24, 2.45) is 0 Å². The normalized spacial score (nSPS) is 16.0. The van der Waals surface area contributed by atoms with Crippen molar-refractivity contribution in [3.05, 3.63) is 73.9 Å². The Morgan fingerprint density at radius 1 is 0.682 bits per heavy atom. The topological polar surface area (TPSA) is 6.48 Å². The molecular formula is C20H30N2. The van der Waals surface area contributed by atoms with Gasteiger partial charge in [-0.15, -0.1) is 0 Å². The molecule has 2 heteroatoms. The van der Waals surface area contributed by atoms with Gasteiger partial charge in [-0.2, -0.15) is 0 Å².